The van der Waals surface area contributed by atoms with E-state index in [-0.39, 0.29) is 11.5 Å². The van der Waals surface area contributed by atoms with Crippen molar-refractivity contribution in [2.45, 2.75) is 10.6 Å². The molecule has 1 heterocycles. The van der Waals surface area contributed by atoms with E-state index in [0.29, 0.717) is 16.9 Å². The first-order valence-electron chi connectivity index (χ1n) is 5.29. The summed E-state index contributed by atoms with van der Waals surface area (Å²) in [6.07, 6.45) is 0.625. The van der Waals surface area contributed by atoms with Gasteiger partial charge < -0.3 is 9.15 Å². The normalized spacial score (nSPS) is 12.1. The Morgan fingerprint density at radius 1 is 1.22 bits per heavy atom. The van der Waals surface area contributed by atoms with Crippen molar-refractivity contribution in [2.24, 2.45) is 0 Å². The zero-order chi connectivity index (χ0) is 13.0. The molecule has 0 amide bonds. The van der Waals surface area contributed by atoms with Crippen molar-refractivity contribution < 1.29 is 18.2 Å². The van der Waals surface area contributed by atoms with Crippen LogP contribution in [0.4, 0.5) is 0 Å². The molecule has 0 aliphatic carbocycles. The van der Waals surface area contributed by atoms with Crippen LogP contribution in [0.15, 0.2) is 45.7 Å². The molecule has 4 nitrogen and oxygen atoms in total. The molecule has 0 spiro atoms. The van der Waals surface area contributed by atoms with Crippen LogP contribution in [-0.2, 0) is 16.6 Å². The fourth-order valence-corrected chi connectivity index (χ4v) is 2.50. The van der Waals surface area contributed by atoms with Crippen molar-refractivity contribution in [1.29, 1.82) is 0 Å². The van der Waals surface area contributed by atoms with E-state index in [1.54, 1.807) is 43.5 Å². The molecule has 0 fully saturated rings. The third-order valence-corrected chi connectivity index (χ3v) is 3.74. The number of rotatable bonds is 5. The van der Waals surface area contributed by atoms with E-state index in [4.69, 9.17) is 9.15 Å². The van der Waals surface area contributed by atoms with Crippen LogP contribution in [0.25, 0.3) is 0 Å². The summed E-state index contributed by atoms with van der Waals surface area (Å²) in [5.74, 6) is 1.75. The number of furan rings is 1. The van der Waals surface area contributed by atoms with Crippen molar-refractivity contribution in [3.63, 3.8) is 0 Å². The summed E-state index contributed by atoms with van der Waals surface area (Å²) in [5.41, 5.74) is 0. The van der Waals surface area contributed by atoms with Crippen LogP contribution in [0, 0.1) is 0 Å². The van der Waals surface area contributed by atoms with Gasteiger partial charge >= 0.3 is 0 Å². The van der Waals surface area contributed by atoms with Crippen LogP contribution in [-0.4, -0.2) is 17.6 Å². The standard InChI is InChI=1S/C13H12O4S/c1-16-10-4-6-13(7-5-10)18(15)9-12-3-2-11(8-14)17-12/h2-8H,9H2,1H3. The van der Waals surface area contributed by atoms with Crippen molar-refractivity contribution in [2.75, 3.05) is 7.11 Å². The van der Waals surface area contributed by atoms with Gasteiger partial charge in [0, 0.05) is 4.90 Å². The van der Waals surface area contributed by atoms with Crippen LogP contribution in [0.3, 0.4) is 0 Å². The summed E-state index contributed by atoms with van der Waals surface area (Å²) in [7, 11) is 0.381. The highest BCUT2D eigenvalue weighted by Crippen LogP contribution is 2.17. The van der Waals surface area contributed by atoms with Gasteiger partial charge in [-0.2, -0.15) is 0 Å². The summed E-state index contributed by atoms with van der Waals surface area (Å²) < 4.78 is 22.2. The van der Waals surface area contributed by atoms with E-state index in [1.165, 1.54) is 0 Å². The average Bonchev–Trinajstić information content (AvgIpc) is 2.86. The Kier molecular flexibility index (Phi) is 3.94. The van der Waals surface area contributed by atoms with Crippen LogP contribution < -0.4 is 4.74 Å². The molecule has 0 aliphatic rings. The number of methoxy groups -OCH3 is 1. The summed E-state index contributed by atoms with van der Waals surface area (Å²) in [5, 5.41) is 0. The summed E-state index contributed by atoms with van der Waals surface area (Å²) >= 11 is 0. The molecule has 0 bridgehead atoms. The van der Waals surface area contributed by atoms with Crippen LogP contribution >= 0.6 is 0 Å². The lowest BCUT2D eigenvalue weighted by molar-refractivity contribution is 0.109. The summed E-state index contributed by atoms with van der Waals surface area (Å²) in [4.78, 5) is 11.2. The lowest BCUT2D eigenvalue weighted by Gasteiger charge is -2.02. The molecule has 0 radical (unpaired) electrons. The van der Waals surface area contributed by atoms with E-state index < -0.39 is 10.8 Å². The molecule has 0 saturated heterocycles. The van der Waals surface area contributed by atoms with Gasteiger partial charge in [-0.1, -0.05) is 0 Å². The largest absolute Gasteiger partial charge is 0.497 e. The molecule has 1 aromatic heterocycles. The van der Waals surface area contributed by atoms with Crippen molar-refractivity contribution in [3.8, 4) is 5.75 Å². The summed E-state index contributed by atoms with van der Waals surface area (Å²) in [6, 6.07) is 10.2. The first-order valence-corrected chi connectivity index (χ1v) is 6.61. The number of hydrogen-bond acceptors (Lipinski definition) is 4. The fourth-order valence-electron chi connectivity index (χ4n) is 1.48. The quantitative estimate of drug-likeness (QED) is 0.778. The number of carbonyl (C=O) groups excluding carboxylic acids is 1. The Morgan fingerprint density at radius 2 is 1.94 bits per heavy atom. The van der Waals surface area contributed by atoms with E-state index in [9.17, 15) is 9.00 Å². The maximum atomic E-state index is 12.0. The lowest BCUT2D eigenvalue weighted by Crippen LogP contribution is -1.95. The Labute approximate surface area is 107 Å². The highest BCUT2D eigenvalue weighted by atomic mass is 32.2. The highest BCUT2D eigenvalue weighted by Gasteiger charge is 2.08. The second kappa shape index (κ2) is 5.64. The predicted molar refractivity (Wildman–Crippen MR) is 67.2 cm³/mol. The molecule has 2 aromatic rings. The first-order chi connectivity index (χ1) is 8.72. The lowest BCUT2D eigenvalue weighted by atomic mass is 10.3. The van der Waals surface area contributed by atoms with Gasteiger partial charge in [-0.05, 0) is 36.4 Å². The molecule has 0 saturated carbocycles. The highest BCUT2D eigenvalue weighted by molar-refractivity contribution is 7.84. The van der Waals surface area contributed by atoms with Gasteiger partial charge in [-0.3, -0.25) is 9.00 Å². The zero-order valence-electron chi connectivity index (χ0n) is 9.79. The number of aldehydes is 1. The molecule has 18 heavy (non-hydrogen) atoms. The van der Waals surface area contributed by atoms with Gasteiger partial charge in [0.05, 0.1) is 23.7 Å². The van der Waals surface area contributed by atoms with E-state index in [1.807, 2.05) is 0 Å². The Bertz CT molecular complexity index is 557. The molecule has 2 rings (SSSR count). The Balaban J connectivity index is 2.08. The fraction of sp³-hybridized carbons (Fsp3) is 0.154. The minimum Gasteiger partial charge on any atom is -0.497 e. The van der Waals surface area contributed by atoms with Crippen molar-refractivity contribution in [3.05, 3.63) is 47.9 Å². The second-order valence-electron chi connectivity index (χ2n) is 3.59. The molecule has 1 unspecified atom stereocenters. The van der Waals surface area contributed by atoms with Crippen molar-refractivity contribution >= 4 is 17.1 Å². The van der Waals surface area contributed by atoms with Gasteiger partial charge in [0.1, 0.15) is 11.5 Å². The molecule has 1 atom stereocenters. The zero-order valence-corrected chi connectivity index (χ0v) is 10.6. The first kappa shape index (κ1) is 12.6. The number of hydrogen-bond donors (Lipinski definition) is 0. The molecular formula is C13H12O4S. The summed E-state index contributed by atoms with van der Waals surface area (Å²) in [6.45, 7) is 0. The van der Waals surface area contributed by atoms with Gasteiger partial charge in [-0.25, -0.2) is 0 Å². The van der Waals surface area contributed by atoms with Crippen LogP contribution in [0.1, 0.15) is 16.3 Å². The Hall–Kier alpha value is -1.88. The van der Waals surface area contributed by atoms with E-state index in [0.717, 1.165) is 5.75 Å². The van der Waals surface area contributed by atoms with E-state index in [2.05, 4.69) is 0 Å². The van der Waals surface area contributed by atoms with E-state index >= 15 is 0 Å². The van der Waals surface area contributed by atoms with Gasteiger partial charge in [-0.15, -0.1) is 0 Å². The molecule has 94 valence electrons. The molecular weight excluding hydrogens is 252 g/mol. The smallest absolute Gasteiger partial charge is 0.185 e. The minimum absolute atomic E-state index is 0.247. The molecule has 1 aromatic carbocycles. The monoisotopic (exact) mass is 264 g/mol. The second-order valence-corrected chi connectivity index (χ2v) is 5.04. The average molecular weight is 264 g/mol. The van der Waals surface area contributed by atoms with Crippen LogP contribution in [0.5, 0.6) is 5.75 Å². The van der Waals surface area contributed by atoms with Crippen LogP contribution in [0.2, 0.25) is 0 Å². The number of carbonyl (C=O) groups is 1. The number of benzene rings is 1. The Morgan fingerprint density at radius 3 is 2.50 bits per heavy atom. The predicted octanol–water partition coefficient (Wildman–Crippen LogP) is 2.41. The third-order valence-electron chi connectivity index (χ3n) is 2.39. The van der Waals surface area contributed by atoms with Crippen molar-refractivity contribution in [1.82, 2.24) is 0 Å². The maximum Gasteiger partial charge on any atom is 0.185 e. The molecule has 0 N–H and O–H groups in total. The topological polar surface area (TPSA) is 56.5 Å². The molecule has 0 aliphatic heterocycles. The minimum atomic E-state index is -1.20. The third kappa shape index (κ3) is 2.87. The van der Waals surface area contributed by atoms with Gasteiger partial charge in [0.25, 0.3) is 0 Å². The van der Waals surface area contributed by atoms with Gasteiger partial charge in [0.15, 0.2) is 12.0 Å². The SMILES string of the molecule is COc1ccc(S(=O)Cc2ccc(C=O)o2)cc1. The number of ether oxygens (including phenoxy) is 1. The van der Waals surface area contributed by atoms with Gasteiger partial charge in [0.2, 0.25) is 0 Å². The molecule has 5 heteroatoms. The maximum absolute atomic E-state index is 12.0.